The summed E-state index contributed by atoms with van der Waals surface area (Å²) in [6, 6.07) is 14.4. The van der Waals surface area contributed by atoms with Gasteiger partial charge in [-0.3, -0.25) is 9.59 Å². The highest BCUT2D eigenvalue weighted by molar-refractivity contribution is 6.17. The van der Waals surface area contributed by atoms with E-state index in [0.29, 0.717) is 0 Å². The standard InChI is InChI=1S/C25H26O3/c1-14-12-17(16-8-6-5-7-9-16)13-15(2)18(14)19-22(26)20-21(23(19)27)25(4)11-10-24(20,3)28-25/h5-9,12-13,19-21H,10-11H2,1-4H3/t19?,20-,21+,24?,25?. The molecule has 2 aromatic carbocycles. The van der Waals surface area contributed by atoms with Gasteiger partial charge in [0.15, 0.2) is 11.6 Å². The second-order valence-corrected chi connectivity index (χ2v) is 9.31. The number of fused-ring (bicyclic) bond motifs is 5. The summed E-state index contributed by atoms with van der Waals surface area (Å²) < 4.78 is 6.24. The number of aryl methyl sites for hydroxylation is 2. The fourth-order valence-corrected chi connectivity index (χ4v) is 6.22. The highest BCUT2D eigenvalue weighted by Crippen LogP contribution is 2.63. The van der Waals surface area contributed by atoms with Gasteiger partial charge in [-0.25, -0.2) is 0 Å². The molecule has 0 N–H and O–H groups in total. The molecule has 0 amide bonds. The predicted molar refractivity (Wildman–Crippen MR) is 108 cm³/mol. The van der Waals surface area contributed by atoms with E-state index in [-0.39, 0.29) is 23.4 Å². The number of hydrogen-bond acceptors (Lipinski definition) is 3. The summed E-state index contributed by atoms with van der Waals surface area (Å²) in [6.45, 7) is 8.10. The van der Waals surface area contributed by atoms with Gasteiger partial charge in [0.1, 0.15) is 5.92 Å². The number of ketones is 2. The molecule has 0 spiro atoms. The Bertz CT molecular complexity index is 951. The molecule has 3 unspecified atom stereocenters. The number of hydrogen-bond donors (Lipinski definition) is 0. The van der Waals surface area contributed by atoms with Gasteiger partial charge in [-0.15, -0.1) is 0 Å². The Kier molecular flexibility index (Phi) is 3.59. The molecular formula is C25H26O3. The van der Waals surface area contributed by atoms with Crippen molar-refractivity contribution in [3.05, 3.63) is 59.2 Å². The Balaban J connectivity index is 1.59. The van der Waals surface area contributed by atoms with E-state index in [1.165, 1.54) is 0 Å². The molecule has 28 heavy (non-hydrogen) atoms. The van der Waals surface area contributed by atoms with Crippen LogP contribution in [0.3, 0.4) is 0 Å². The number of ether oxygens (including phenoxy) is 1. The summed E-state index contributed by atoms with van der Waals surface area (Å²) in [5, 5.41) is 0. The zero-order chi connectivity index (χ0) is 19.8. The Morgan fingerprint density at radius 3 is 1.82 bits per heavy atom. The predicted octanol–water partition coefficient (Wildman–Crippen LogP) is 4.78. The van der Waals surface area contributed by atoms with Crippen molar-refractivity contribution in [2.24, 2.45) is 11.8 Å². The van der Waals surface area contributed by atoms with Crippen molar-refractivity contribution in [3.8, 4) is 11.1 Å². The third kappa shape index (κ3) is 2.20. The summed E-state index contributed by atoms with van der Waals surface area (Å²) in [7, 11) is 0. The zero-order valence-corrected chi connectivity index (χ0v) is 16.9. The van der Waals surface area contributed by atoms with E-state index in [2.05, 4.69) is 24.3 Å². The summed E-state index contributed by atoms with van der Waals surface area (Å²) >= 11 is 0. The third-order valence-corrected chi connectivity index (χ3v) is 7.40. The normalized spacial score (nSPS) is 36.2. The molecule has 3 nitrogen and oxygen atoms in total. The maximum Gasteiger partial charge on any atom is 0.154 e. The maximum atomic E-state index is 13.5. The van der Waals surface area contributed by atoms with E-state index in [1.807, 2.05) is 45.9 Å². The summed E-state index contributed by atoms with van der Waals surface area (Å²) in [6.07, 6.45) is 1.72. The summed E-state index contributed by atoms with van der Waals surface area (Å²) in [4.78, 5) is 27.0. The average Bonchev–Trinajstić information content (AvgIpc) is 3.20. The molecule has 0 aromatic heterocycles. The van der Waals surface area contributed by atoms with Gasteiger partial charge in [-0.2, -0.15) is 0 Å². The molecule has 144 valence electrons. The van der Waals surface area contributed by atoms with E-state index in [4.69, 9.17) is 4.74 Å². The van der Waals surface area contributed by atoms with Crippen LogP contribution in [0.5, 0.6) is 0 Å². The minimum atomic E-state index is -0.638. The number of carbonyl (C=O) groups excluding carboxylic acids is 2. The monoisotopic (exact) mass is 374 g/mol. The first-order valence-corrected chi connectivity index (χ1v) is 10.2. The molecule has 2 aromatic rings. The van der Waals surface area contributed by atoms with Gasteiger partial charge in [0.2, 0.25) is 0 Å². The van der Waals surface area contributed by atoms with Crippen molar-refractivity contribution in [3.63, 3.8) is 0 Å². The lowest BCUT2D eigenvalue weighted by Crippen LogP contribution is -2.40. The molecule has 3 aliphatic rings. The van der Waals surface area contributed by atoms with Crippen LogP contribution in [-0.2, 0) is 14.3 Å². The van der Waals surface area contributed by atoms with Crippen LogP contribution in [0.2, 0.25) is 0 Å². The average molecular weight is 374 g/mol. The van der Waals surface area contributed by atoms with Crippen LogP contribution in [0.4, 0.5) is 0 Å². The van der Waals surface area contributed by atoms with E-state index in [0.717, 1.165) is 40.7 Å². The molecule has 2 bridgehead atoms. The van der Waals surface area contributed by atoms with Crippen molar-refractivity contribution in [2.75, 3.05) is 0 Å². The molecular weight excluding hydrogens is 348 g/mol. The van der Waals surface area contributed by atoms with Crippen LogP contribution < -0.4 is 0 Å². The van der Waals surface area contributed by atoms with E-state index in [1.54, 1.807) is 0 Å². The molecule has 1 aliphatic carbocycles. The van der Waals surface area contributed by atoms with Crippen LogP contribution >= 0.6 is 0 Å². The van der Waals surface area contributed by atoms with E-state index in [9.17, 15) is 9.59 Å². The van der Waals surface area contributed by atoms with Crippen LogP contribution in [0.15, 0.2) is 42.5 Å². The second-order valence-electron chi connectivity index (χ2n) is 9.31. The lowest BCUT2D eigenvalue weighted by Gasteiger charge is -2.28. The quantitative estimate of drug-likeness (QED) is 0.711. The first-order valence-electron chi connectivity index (χ1n) is 10.2. The van der Waals surface area contributed by atoms with E-state index < -0.39 is 17.1 Å². The molecule has 3 heteroatoms. The SMILES string of the molecule is Cc1cc(-c2ccccc2)cc(C)c1C1C(=O)[C@@H]2[C@H](C1=O)C1(C)CCC2(C)O1. The fourth-order valence-electron chi connectivity index (χ4n) is 6.22. The lowest BCUT2D eigenvalue weighted by atomic mass is 9.69. The second kappa shape index (κ2) is 5.64. The Hall–Kier alpha value is -2.26. The number of carbonyl (C=O) groups is 2. The number of rotatable bonds is 2. The van der Waals surface area contributed by atoms with Gasteiger partial charge >= 0.3 is 0 Å². The lowest BCUT2D eigenvalue weighted by molar-refractivity contribution is -0.132. The Labute approximate surface area is 166 Å². The van der Waals surface area contributed by atoms with Gasteiger partial charge in [0.05, 0.1) is 23.0 Å². The van der Waals surface area contributed by atoms with Crippen molar-refractivity contribution in [2.45, 2.75) is 57.7 Å². The number of benzene rings is 2. The zero-order valence-electron chi connectivity index (χ0n) is 16.9. The minimum absolute atomic E-state index is 0.0691. The maximum absolute atomic E-state index is 13.5. The fraction of sp³-hybridized carbons (Fsp3) is 0.440. The van der Waals surface area contributed by atoms with Crippen molar-refractivity contribution < 1.29 is 14.3 Å². The molecule has 1 saturated carbocycles. The van der Waals surface area contributed by atoms with Crippen LogP contribution in [-0.4, -0.2) is 22.8 Å². The van der Waals surface area contributed by atoms with Gasteiger partial charge in [-0.1, -0.05) is 42.5 Å². The van der Waals surface area contributed by atoms with E-state index >= 15 is 0 Å². The van der Waals surface area contributed by atoms with Crippen molar-refractivity contribution >= 4 is 11.6 Å². The molecule has 0 radical (unpaired) electrons. The van der Waals surface area contributed by atoms with Crippen LogP contribution in [0.25, 0.3) is 11.1 Å². The van der Waals surface area contributed by atoms with Gasteiger partial charge in [0, 0.05) is 0 Å². The first kappa shape index (κ1) is 17.8. The Morgan fingerprint density at radius 1 is 0.821 bits per heavy atom. The molecule has 5 atom stereocenters. The van der Waals surface area contributed by atoms with Crippen LogP contribution in [0, 0.1) is 25.7 Å². The summed E-state index contributed by atoms with van der Waals surface area (Å²) in [5.41, 5.74) is 4.27. The topological polar surface area (TPSA) is 43.4 Å². The summed E-state index contributed by atoms with van der Waals surface area (Å²) in [5.74, 6) is -1.09. The largest absolute Gasteiger partial charge is 0.368 e. The third-order valence-electron chi connectivity index (χ3n) is 7.40. The molecule has 2 aliphatic heterocycles. The van der Waals surface area contributed by atoms with Crippen molar-refractivity contribution in [1.82, 2.24) is 0 Å². The highest BCUT2D eigenvalue weighted by atomic mass is 16.5. The molecule has 2 heterocycles. The highest BCUT2D eigenvalue weighted by Gasteiger charge is 2.72. The van der Waals surface area contributed by atoms with Crippen molar-refractivity contribution in [1.29, 1.82) is 0 Å². The van der Waals surface area contributed by atoms with Gasteiger partial charge in [0.25, 0.3) is 0 Å². The van der Waals surface area contributed by atoms with Gasteiger partial charge in [-0.05, 0) is 68.4 Å². The molecule has 3 fully saturated rings. The van der Waals surface area contributed by atoms with Crippen LogP contribution in [0.1, 0.15) is 49.3 Å². The molecule has 5 rings (SSSR count). The molecule has 2 saturated heterocycles. The smallest absolute Gasteiger partial charge is 0.154 e. The minimum Gasteiger partial charge on any atom is -0.368 e. The Morgan fingerprint density at radius 2 is 1.32 bits per heavy atom. The number of Topliss-reactive ketones (excluding diaryl/α,β-unsaturated/α-hetero) is 2. The van der Waals surface area contributed by atoms with Gasteiger partial charge < -0.3 is 4.74 Å². The first-order chi connectivity index (χ1) is 13.3.